The molecule has 6 nitrogen and oxygen atoms in total. The summed E-state index contributed by atoms with van der Waals surface area (Å²) >= 11 is 6.11. The maximum atomic E-state index is 6.11. The first-order chi connectivity index (χ1) is 15.6. The van der Waals surface area contributed by atoms with E-state index < -0.39 is 0 Å². The van der Waals surface area contributed by atoms with E-state index in [9.17, 15) is 0 Å². The zero-order valence-electron chi connectivity index (χ0n) is 19.7. The topological polar surface area (TPSA) is 50.7 Å². The predicted octanol–water partition coefficient (Wildman–Crippen LogP) is 6.22. The van der Waals surface area contributed by atoms with Gasteiger partial charge in [-0.05, 0) is 36.8 Å². The lowest BCUT2D eigenvalue weighted by molar-refractivity contribution is 0.271. The van der Waals surface area contributed by atoms with Crippen molar-refractivity contribution in [1.82, 2.24) is 15.0 Å². The highest BCUT2D eigenvalue weighted by molar-refractivity contribution is 6.30. The van der Waals surface area contributed by atoms with Crippen molar-refractivity contribution >= 4 is 28.3 Å². The van der Waals surface area contributed by atoms with E-state index in [0.717, 1.165) is 54.8 Å². The van der Waals surface area contributed by atoms with Gasteiger partial charge in [-0.3, -0.25) is 5.01 Å². The number of aromatic nitrogens is 2. The lowest BCUT2D eigenvalue weighted by Gasteiger charge is -2.35. The third-order valence-electron chi connectivity index (χ3n) is 5.57. The summed E-state index contributed by atoms with van der Waals surface area (Å²) in [5.41, 5.74) is 1.73. The SMILES string of the molecule is CCCCCN(c1nc(-c2ccc(Cl)cc2)nc2cc(OC)c(OC)cc12)N(CC)CC. The average molecular weight is 457 g/mol. The molecule has 0 bridgehead atoms. The van der Waals surface area contributed by atoms with E-state index in [1.807, 2.05) is 36.4 Å². The predicted molar refractivity (Wildman–Crippen MR) is 133 cm³/mol. The highest BCUT2D eigenvalue weighted by Gasteiger charge is 2.21. The lowest BCUT2D eigenvalue weighted by Crippen LogP contribution is -2.44. The van der Waals surface area contributed by atoms with Crippen molar-refractivity contribution in [2.45, 2.75) is 40.0 Å². The van der Waals surface area contributed by atoms with Crippen LogP contribution < -0.4 is 14.5 Å². The summed E-state index contributed by atoms with van der Waals surface area (Å²) in [6.07, 6.45) is 3.42. The molecule has 0 saturated heterocycles. The van der Waals surface area contributed by atoms with Gasteiger partial charge in [-0.15, -0.1) is 0 Å². The van der Waals surface area contributed by atoms with Gasteiger partial charge < -0.3 is 9.47 Å². The molecular formula is C25H33ClN4O2. The van der Waals surface area contributed by atoms with Crippen LogP contribution in [0.15, 0.2) is 36.4 Å². The quantitative estimate of drug-likeness (QED) is 0.252. The molecule has 2 aromatic carbocycles. The van der Waals surface area contributed by atoms with Crippen LogP contribution in [0.3, 0.4) is 0 Å². The second-order valence-corrected chi connectivity index (χ2v) is 8.01. The fourth-order valence-electron chi connectivity index (χ4n) is 3.82. The summed E-state index contributed by atoms with van der Waals surface area (Å²) < 4.78 is 11.1. The van der Waals surface area contributed by atoms with Crippen LogP contribution in [0.1, 0.15) is 40.0 Å². The second-order valence-electron chi connectivity index (χ2n) is 7.57. The summed E-state index contributed by atoms with van der Waals surface area (Å²) in [5, 5.41) is 6.24. The first kappa shape index (κ1) is 24.1. The number of benzene rings is 2. The summed E-state index contributed by atoms with van der Waals surface area (Å²) in [7, 11) is 3.29. The van der Waals surface area contributed by atoms with Crippen LogP contribution in [0.2, 0.25) is 5.02 Å². The zero-order chi connectivity index (χ0) is 23.1. The third kappa shape index (κ3) is 5.25. The normalized spacial score (nSPS) is 11.2. The number of unbranched alkanes of at least 4 members (excludes halogenated alkanes) is 2. The van der Waals surface area contributed by atoms with Gasteiger partial charge in [-0.25, -0.2) is 15.0 Å². The molecular weight excluding hydrogens is 424 g/mol. The van der Waals surface area contributed by atoms with Crippen LogP contribution in [0.5, 0.6) is 11.5 Å². The van der Waals surface area contributed by atoms with Crippen LogP contribution in [0.25, 0.3) is 22.3 Å². The molecule has 0 N–H and O–H groups in total. The van der Waals surface area contributed by atoms with Gasteiger partial charge in [0.1, 0.15) is 0 Å². The van der Waals surface area contributed by atoms with E-state index in [-0.39, 0.29) is 0 Å². The van der Waals surface area contributed by atoms with Crippen molar-refractivity contribution in [3.63, 3.8) is 0 Å². The van der Waals surface area contributed by atoms with Gasteiger partial charge in [0.15, 0.2) is 23.1 Å². The molecule has 0 aliphatic carbocycles. The molecule has 0 atom stereocenters. The molecule has 0 amide bonds. The van der Waals surface area contributed by atoms with E-state index in [1.54, 1.807) is 14.2 Å². The largest absolute Gasteiger partial charge is 0.493 e. The van der Waals surface area contributed by atoms with Crippen molar-refractivity contribution in [3.05, 3.63) is 41.4 Å². The fourth-order valence-corrected chi connectivity index (χ4v) is 3.95. The highest BCUT2D eigenvalue weighted by Crippen LogP contribution is 2.37. The molecule has 32 heavy (non-hydrogen) atoms. The van der Waals surface area contributed by atoms with Crippen molar-refractivity contribution < 1.29 is 9.47 Å². The van der Waals surface area contributed by atoms with Crippen LogP contribution in [-0.4, -0.2) is 48.8 Å². The van der Waals surface area contributed by atoms with Gasteiger partial charge in [-0.2, -0.15) is 0 Å². The van der Waals surface area contributed by atoms with Gasteiger partial charge in [-0.1, -0.05) is 45.2 Å². The number of hydrogen-bond donors (Lipinski definition) is 0. The van der Waals surface area contributed by atoms with Gasteiger partial charge >= 0.3 is 0 Å². The number of methoxy groups -OCH3 is 2. The first-order valence-electron chi connectivity index (χ1n) is 11.3. The van der Waals surface area contributed by atoms with Crippen molar-refractivity contribution in [1.29, 1.82) is 0 Å². The molecule has 3 rings (SSSR count). The molecule has 0 radical (unpaired) electrons. The number of hydrogen-bond acceptors (Lipinski definition) is 6. The smallest absolute Gasteiger partial charge is 0.162 e. The Morgan fingerprint density at radius 1 is 0.875 bits per heavy atom. The molecule has 0 saturated carbocycles. The van der Waals surface area contributed by atoms with E-state index in [4.69, 9.17) is 31.0 Å². The number of rotatable bonds is 11. The molecule has 7 heteroatoms. The molecule has 0 aliphatic heterocycles. The molecule has 1 aromatic heterocycles. The summed E-state index contributed by atoms with van der Waals surface area (Å²) in [6, 6.07) is 11.5. The van der Waals surface area contributed by atoms with Gasteiger partial charge in [0, 0.05) is 41.7 Å². The number of fused-ring (bicyclic) bond motifs is 1. The van der Waals surface area contributed by atoms with Crippen LogP contribution in [-0.2, 0) is 0 Å². The Labute approximate surface area is 196 Å². The third-order valence-corrected chi connectivity index (χ3v) is 5.82. The number of nitrogens with zero attached hydrogens (tertiary/aromatic N) is 4. The highest BCUT2D eigenvalue weighted by atomic mass is 35.5. The Morgan fingerprint density at radius 2 is 1.53 bits per heavy atom. The summed E-state index contributed by atoms with van der Waals surface area (Å²) in [5.74, 6) is 2.84. The summed E-state index contributed by atoms with van der Waals surface area (Å²) in [4.78, 5) is 9.94. The Hall–Kier alpha value is -2.57. The van der Waals surface area contributed by atoms with Crippen molar-refractivity contribution in [3.8, 4) is 22.9 Å². The Kier molecular flexibility index (Phi) is 8.53. The number of ether oxygens (including phenoxy) is 2. The second kappa shape index (κ2) is 11.3. The fraction of sp³-hybridized carbons (Fsp3) is 0.440. The molecule has 0 unspecified atom stereocenters. The maximum Gasteiger partial charge on any atom is 0.162 e. The van der Waals surface area contributed by atoms with Crippen LogP contribution in [0, 0.1) is 0 Å². The average Bonchev–Trinajstić information content (AvgIpc) is 2.82. The minimum atomic E-state index is 0.645. The van der Waals surface area contributed by atoms with E-state index in [1.165, 1.54) is 6.42 Å². The van der Waals surface area contributed by atoms with Crippen LogP contribution in [0.4, 0.5) is 5.82 Å². The van der Waals surface area contributed by atoms with Gasteiger partial charge in [0.05, 0.1) is 19.7 Å². The molecule has 0 spiro atoms. The number of halogens is 1. The number of hydrazine groups is 1. The molecule has 0 fully saturated rings. The standard InChI is InChI=1S/C25H33ClN4O2/c1-6-9-10-15-30(29(7-2)8-3)25-20-16-22(31-4)23(32-5)17-21(20)27-24(28-25)18-11-13-19(26)14-12-18/h11-14,16-17H,6-10,15H2,1-5H3. The monoisotopic (exact) mass is 456 g/mol. The Morgan fingerprint density at radius 3 is 2.12 bits per heavy atom. The van der Waals surface area contributed by atoms with Crippen molar-refractivity contribution in [2.75, 3.05) is 38.9 Å². The Bertz CT molecular complexity index is 1020. The van der Waals surface area contributed by atoms with E-state index in [0.29, 0.717) is 22.3 Å². The molecule has 0 aliphatic rings. The first-order valence-corrected chi connectivity index (χ1v) is 11.7. The maximum absolute atomic E-state index is 6.11. The van der Waals surface area contributed by atoms with Crippen molar-refractivity contribution in [2.24, 2.45) is 0 Å². The zero-order valence-corrected chi connectivity index (χ0v) is 20.4. The van der Waals surface area contributed by atoms with Gasteiger partial charge in [0.25, 0.3) is 0 Å². The molecule has 1 heterocycles. The lowest BCUT2D eigenvalue weighted by atomic mass is 10.1. The minimum absolute atomic E-state index is 0.645. The minimum Gasteiger partial charge on any atom is -0.493 e. The number of anilines is 1. The van der Waals surface area contributed by atoms with Gasteiger partial charge in [0.2, 0.25) is 0 Å². The van der Waals surface area contributed by atoms with E-state index in [2.05, 4.69) is 30.8 Å². The molecule has 172 valence electrons. The molecule has 3 aromatic rings. The Balaban J connectivity index is 2.26. The van der Waals surface area contributed by atoms with Crippen LogP contribution >= 0.6 is 11.6 Å². The van der Waals surface area contributed by atoms with E-state index >= 15 is 0 Å². The summed E-state index contributed by atoms with van der Waals surface area (Å²) in [6.45, 7) is 9.22.